The number of ether oxygens (including phenoxy) is 1. The van der Waals surface area contributed by atoms with Crippen molar-refractivity contribution < 1.29 is 28.7 Å². The maximum atomic E-state index is 12.2. The smallest absolute Gasteiger partial charge is 0.308 e. The highest BCUT2D eigenvalue weighted by molar-refractivity contribution is 6.02. The SMILES string of the molecule is Cc1cccc(C)c1NC(=O)CN(C)C(=O)COC(=O)CCN1C(=O)CCC1=O. The summed E-state index contributed by atoms with van der Waals surface area (Å²) in [7, 11) is 1.43. The lowest BCUT2D eigenvalue weighted by Crippen LogP contribution is -2.38. The molecule has 0 unspecified atom stereocenters. The van der Waals surface area contributed by atoms with Gasteiger partial charge < -0.3 is 15.0 Å². The van der Waals surface area contributed by atoms with Gasteiger partial charge in [0.25, 0.3) is 5.91 Å². The standard InChI is InChI=1S/C20H25N3O6/c1-13-5-4-6-14(2)20(13)21-15(24)11-22(3)18(27)12-29-19(28)9-10-23-16(25)7-8-17(23)26/h4-6H,7-12H2,1-3H3,(H,21,24). The van der Waals surface area contributed by atoms with Crippen molar-refractivity contribution >= 4 is 35.3 Å². The molecule has 156 valence electrons. The van der Waals surface area contributed by atoms with Crippen molar-refractivity contribution in [1.82, 2.24) is 9.80 Å². The first-order chi connectivity index (χ1) is 13.7. The van der Waals surface area contributed by atoms with E-state index < -0.39 is 18.5 Å². The molecule has 9 nitrogen and oxygen atoms in total. The van der Waals surface area contributed by atoms with Crippen molar-refractivity contribution in [3.05, 3.63) is 29.3 Å². The van der Waals surface area contributed by atoms with Crippen LogP contribution in [0.3, 0.4) is 0 Å². The maximum absolute atomic E-state index is 12.2. The minimum Gasteiger partial charge on any atom is -0.456 e. The molecule has 1 aromatic rings. The number of carbonyl (C=O) groups excluding carboxylic acids is 5. The van der Waals surface area contributed by atoms with E-state index in [0.717, 1.165) is 20.9 Å². The van der Waals surface area contributed by atoms with Crippen LogP contribution in [-0.2, 0) is 28.7 Å². The van der Waals surface area contributed by atoms with Gasteiger partial charge in [0, 0.05) is 32.1 Å². The number of aryl methyl sites for hydroxylation is 2. The fraction of sp³-hybridized carbons (Fsp3) is 0.450. The number of nitrogens with zero attached hydrogens (tertiary/aromatic N) is 2. The van der Waals surface area contributed by atoms with Crippen LogP contribution in [0.4, 0.5) is 5.69 Å². The van der Waals surface area contributed by atoms with Gasteiger partial charge in [-0.15, -0.1) is 0 Å². The van der Waals surface area contributed by atoms with Crippen molar-refractivity contribution in [2.24, 2.45) is 0 Å². The molecule has 29 heavy (non-hydrogen) atoms. The summed E-state index contributed by atoms with van der Waals surface area (Å²) in [4.78, 5) is 61.2. The van der Waals surface area contributed by atoms with E-state index in [-0.39, 0.29) is 50.1 Å². The molecule has 0 aromatic heterocycles. The van der Waals surface area contributed by atoms with E-state index >= 15 is 0 Å². The Hall–Kier alpha value is -3.23. The number of benzene rings is 1. The number of nitrogens with one attached hydrogen (secondary N) is 1. The Morgan fingerprint density at radius 2 is 1.69 bits per heavy atom. The third-order valence-corrected chi connectivity index (χ3v) is 4.60. The molecule has 0 aliphatic carbocycles. The summed E-state index contributed by atoms with van der Waals surface area (Å²) in [6, 6.07) is 5.64. The monoisotopic (exact) mass is 403 g/mol. The van der Waals surface area contributed by atoms with Crippen LogP contribution < -0.4 is 5.32 Å². The molecule has 0 radical (unpaired) electrons. The lowest BCUT2D eigenvalue weighted by atomic mass is 10.1. The highest BCUT2D eigenvalue weighted by atomic mass is 16.5. The number of hydrogen-bond acceptors (Lipinski definition) is 6. The summed E-state index contributed by atoms with van der Waals surface area (Å²) in [6.45, 7) is 2.98. The Morgan fingerprint density at radius 3 is 2.28 bits per heavy atom. The van der Waals surface area contributed by atoms with Gasteiger partial charge in [-0.25, -0.2) is 0 Å². The molecule has 2 rings (SSSR count). The number of amides is 4. The van der Waals surface area contributed by atoms with Crippen LogP contribution in [0, 0.1) is 13.8 Å². The summed E-state index contributed by atoms with van der Waals surface area (Å²) in [5.74, 6) is -2.22. The second kappa shape index (κ2) is 9.81. The number of carbonyl (C=O) groups is 5. The number of likely N-dealkylation sites (N-methyl/N-ethyl adjacent to an activating group) is 1. The van der Waals surface area contributed by atoms with E-state index in [1.165, 1.54) is 7.05 Å². The molecule has 1 N–H and O–H groups in total. The van der Waals surface area contributed by atoms with Crippen molar-refractivity contribution in [3.63, 3.8) is 0 Å². The minimum absolute atomic E-state index is 0.0568. The van der Waals surface area contributed by atoms with Gasteiger partial charge in [-0.3, -0.25) is 28.9 Å². The van der Waals surface area contributed by atoms with Crippen molar-refractivity contribution in [2.45, 2.75) is 33.1 Å². The number of para-hydroxylation sites is 1. The second-order valence-electron chi connectivity index (χ2n) is 6.91. The largest absolute Gasteiger partial charge is 0.456 e. The van der Waals surface area contributed by atoms with Crippen molar-refractivity contribution in [1.29, 1.82) is 0 Å². The number of hydrogen-bond donors (Lipinski definition) is 1. The molecule has 0 saturated carbocycles. The van der Waals surface area contributed by atoms with Crippen LogP contribution in [0.15, 0.2) is 18.2 Å². The first kappa shape index (κ1) is 22.1. The first-order valence-electron chi connectivity index (χ1n) is 9.28. The normalized spacial score (nSPS) is 13.4. The molecule has 1 fully saturated rings. The fourth-order valence-corrected chi connectivity index (χ4v) is 2.89. The number of esters is 1. The Bertz CT molecular complexity index is 799. The zero-order chi connectivity index (χ0) is 21.6. The molecule has 4 amide bonds. The van der Waals surface area contributed by atoms with Crippen LogP contribution in [-0.4, -0.2) is 66.1 Å². The zero-order valence-electron chi connectivity index (χ0n) is 16.8. The number of imide groups is 1. The molecule has 1 heterocycles. The third-order valence-electron chi connectivity index (χ3n) is 4.60. The Morgan fingerprint density at radius 1 is 1.10 bits per heavy atom. The molecule has 0 spiro atoms. The van der Waals surface area contributed by atoms with Crippen molar-refractivity contribution in [2.75, 3.05) is 32.1 Å². The predicted octanol–water partition coefficient (Wildman–Crippen LogP) is 0.783. The van der Waals surface area contributed by atoms with E-state index in [2.05, 4.69) is 5.32 Å². The summed E-state index contributed by atoms with van der Waals surface area (Å²) in [6.07, 6.45) is 0.129. The van der Waals surface area contributed by atoms with E-state index in [1.54, 1.807) is 0 Å². The highest BCUT2D eigenvalue weighted by Crippen LogP contribution is 2.19. The molecule has 1 saturated heterocycles. The molecular formula is C20H25N3O6. The lowest BCUT2D eigenvalue weighted by molar-refractivity contribution is -0.152. The molecule has 1 aliphatic heterocycles. The van der Waals surface area contributed by atoms with E-state index in [9.17, 15) is 24.0 Å². The van der Waals surface area contributed by atoms with Crippen LogP contribution in [0.25, 0.3) is 0 Å². The van der Waals surface area contributed by atoms with Gasteiger partial charge in [0.15, 0.2) is 6.61 Å². The topological polar surface area (TPSA) is 113 Å². The quantitative estimate of drug-likeness (QED) is 0.507. The van der Waals surface area contributed by atoms with Gasteiger partial charge >= 0.3 is 5.97 Å². The van der Waals surface area contributed by atoms with Crippen LogP contribution in [0.1, 0.15) is 30.4 Å². The van der Waals surface area contributed by atoms with Crippen LogP contribution in [0.2, 0.25) is 0 Å². The average molecular weight is 403 g/mol. The summed E-state index contributed by atoms with van der Waals surface area (Å²) >= 11 is 0. The van der Waals surface area contributed by atoms with Gasteiger partial charge in [-0.1, -0.05) is 18.2 Å². The van der Waals surface area contributed by atoms with Gasteiger partial charge in [0.1, 0.15) is 0 Å². The van der Waals surface area contributed by atoms with Crippen LogP contribution in [0.5, 0.6) is 0 Å². The molecule has 1 aromatic carbocycles. The molecule has 0 bridgehead atoms. The Labute approximate surface area is 169 Å². The van der Waals surface area contributed by atoms with E-state index in [0.29, 0.717) is 5.69 Å². The number of likely N-dealkylation sites (tertiary alicyclic amines) is 1. The third kappa shape index (κ3) is 6.13. The molecular weight excluding hydrogens is 378 g/mol. The van der Waals surface area contributed by atoms with Gasteiger partial charge in [-0.2, -0.15) is 0 Å². The number of rotatable bonds is 8. The first-order valence-corrected chi connectivity index (χ1v) is 9.28. The average Bonchev–Trinajstić information content (AvgIpc) is 2.98. The predicted molar refractivity (Wildman–Crippen MR) is 104 cm³/mol. The van der Waals surface area contributed by atoms with E-state index in [1.807, 2.05) is 32.0 Å². The zero-order valence-corrected chi connectivity index (χ0v) is 16.8. The molecule has 9 heteroatoms. The molecule has 0 atom stereocenters. The molecule has 1 aliphatic rings. The second-order valence-corrected chi connectivity index (χ2v) is 6.91. The van der Waals surface area contributed by atoms with Crippen LogP contribution >= 0.6 is 0 Å². The highest BCUT2D eigenvalue weighted by Gasteiger charge is 2.29. The number of anilines is 1. The fourth-order valence-electron chi connectivity index (χ4n) is 2.89. The van der Waals surface area contributed by atoms with Gasteiger partial charge in [0.05, 0.1) is 13.0 Å². The Kier molecular flexibility index (Phi) is 7.46. The van der Waals surface area contributed by atoms with Gasteiger partial charge in [0.2, 0.25) is 17.7 Å². The summed E-state index contributed by atoms with van der Waals surface area (Å²) in [5.41, 5.74) is 2.53. The summed E-state index contributed by atoms with van der Waals surface area (Å²) < 4.78 is 4.88. The van der Waals surface area contributed by atoms with E-state index in [4.69, 9.17) is 4.74 Å². The van der Waals surface area contributed by atoms with Gasteiger partial charge in [-0.05, 0) is 25.0 Å². The lowest BCUT2D eigenvalue weighted by Gasteiger charge is -2.18. The summed E-state index contributed by atoms with van der Waals surface area (Å²) in [5, 5.41) is 2.78. The maximum Gasteiger partial charge on any atom is 0.308 e. The van der Waals surface area contributed by atoms with Crippen molar-refractivity contribution in [3.8, 4) is 0 Å². The Balaban J connectivity index is 1.74. The minimum atomic E-state index is -0.695.